The molecule has 0 saturated heterocycles. The summed E-state index contributed by atoms with van der Waals surface area (Å²) in [6, 6.07) is 0. The fraction of sp³-hybridized carbons (Fsp3) is 1.00. The minimum absolute atomic E-state index is 0.190. The standard InChI is InChI=1S/C7H18O4P2/c1-4-9-12-7-13(8,10-5-2)11-6-3/h12H,4-7H2,1-3H3. The monoisotopic (exact) mass is 228 g/mol. The van der Waals surface area contributed by atoms with Crippen LogP contribution in [0.3, 0.4) is 0 Å². The van der Waals surface area contributed by atoms with Gasteiger partial charge >= 0.3 is 7.60 Å². The molecular weight excluding hydrogens is 210 g/mol. The molecule has 4 nitrogen and oxygen atoms in total. The highest BCUT2D eigenvalue weighted by atomic mass is 31.2. The van der Waals surface area contributed by atoms with E-state index >= 15 is 0 Å². The Balaban J connectivity index is 3.85. The largest absolute Gasteiger partial charge is 0.362 e. The second-order valence-corrected chi connectivity index (χ2v) is 5.76. The molecule has 1 unspecified atom stereocenters. The SMILES string of the molecule is CCOPCP(=O)(OCC)OCC. The lowest BCUT2D eigenvalue weighted by Crippen LogP contribution is -1.97. The van der Waals surface area contributed by atoms with Crippen LogP contribution in [0.4, 0.5) is 0 Å². The zero-order chi connectivity index (χ0) is 10.2. The van der Waals surface area contributed by atoms with E-state index in [1.54, 1.807) is 13.8 Å². The van der Waals surface area contributed by atoms with Crippen molar-refractivity contribution >= 4 is 16.4 Å². The molecule has 0 aromatic carbocycles. The van der Waals surface area contributed by atoms with Crippen LogP contribution in [0.25, 0.3) is 0 Å². The van der Waals surface area contributed by atoms with Crippen molar-refractivity contribution in [2.24, 2.45) is 0 Å². The summed E-state index contributed by atoms with van der Waals surface area (Å²) in [4.78, 5) is 0. The third-order valence-corrected chi connectivity index (χ3v) is 5.02. The molecule has 0 aliphatic heterocycles. The lowest BCUT2D eigenvalue weighted by molar-refractivity contribution is 0.223. The molecule has 0 spiro atoms. The highest BCUT2D eigenvalue weighted by Gasteiger charge is 2.22. The van der Waals surface area contributed by atoms with Crippen LogP contribution in [0.2, 0.25) is 0 Å². The molecule has 0 fully saturated rings. The molecular formula is C7H18O4P2. The van der Waals surface area contributed by atoms with Crippen LogP contribution < -0.4 is 0 Å². The maximum absolute atomic E-state index is 11.8. The van der Waals surface area contributed by atoms with Gasteiger partial charge in [-0.1, -0.05) is 0 Å². The topological polar surface area (TPSA) is 44.8 Å². The average Bonchev–Trinajstić information content (AvgIpc) is 2.05. The normalized spacial score (nSPS) is 12.8. The first kappa shape index (κ1) is 13.5. The third-order valence-electron chi connectivity index (χ3n) is 1.16. The molecule has 80 valence electrons. The quantitative estimate of drug-likeness (QED) is 0.473. The van der Waals surface area contributed by atoms with Crippen molar-refractivity contribution < 1.29 is 18.1 Å². The second kappa shape index (κ2) is 7.90. The predicted molar refractivity (Wildman–Crippen MR) is 55.7 cm³/mol. The molecule has 0 N–H and O–H groups in total. The van der Waals surface area contributed by atoms with Crippen LogP contribution in [-0.2, 0) is 18.1 Å². The number of hydrogen-bond donors (Lipinski definition) is 0. The summed E-state index contributed by atoms with van der Waals surface area (Å²) in [6.45, 7) is 6.96. The van der Waals surface area contributed by atoms with Gasteiger partial charge in [0, 0.05) is 15.4 Å². The molecule has 0 aliphatic carbocycles. The van der Waals surface area contributed by atoms with E-state index in [1.807, 2.05) is 6.92 Å². The summed E-state index contributed by atoms with van der Waals surface area (Å²) in [5, 5.41) is 0. The molecule has 0 aliphatic rings. The van der Waals surface area contributed by atoms with Gasteiger partial charge in [-0.25, -0.2) is 0 Å². The predicted octanol–water partition coefficient (Wildman–Crippen LogP) is 2.84. The Kier molecular flexibility index (Phi) is 8.23. The summed E-state index contributed by atoms with van der Waals surface area (Å²) >= 11 is 0. The summed E-state index contributed by atoms with van der Waals surface area (Å²) in [5.74, 6) is 0.364. The van der Waals surface area contributed by atoms with Crippen LogP contribution in [-0.4, -0.2) is 25.7 Å². The first-order valence-electron chi connectivity index (χ1n) is 4.41. The van der Waals surface area contributed by atoms with Gasteiger partial charge in [0.25, 0.3) is 0 Å². The van der Waals surface area contributed by atoms with Gasteiger partial charge in [-0.15, -0.1) is 0 Å². The van der Waals surface area contributed by atoms with Crippen LogP contribution in [0, 0.1) is 0 Å². The van der Waals surface area contributed by atoms with Gasteiger partial charge in [-0.3, -0.25) is 4.57 Å². The maximum Gasteiger partial charge on any atom is 0.336 e. The van der Waals surface area contributed by atoms with E-state index in [0.717, 1.165) is 0 Å². The van der Waals surface area contributed by atoms with Crippen molar-refractivity contribution in [2.45, 2.75) is 20.8 Å². The Labute approximate surface area is 81.7 Å². The Morgan fingerprint density at radius 1 is 1.08 bits per heavy atom. The molecule has 0 aromatic rings. The van der Waals surface area contributed by atoms with Crippen molar-refractivity contribution in [2.75, 3.05) is 25.7 Å². The molecule has 6 heteroatoms. The molecule has 0 saturated carbocycles. The molecule has 0 heterocycles. The zero-order valence-corrected chi connectivity index (χ0v) is 10.3. The first-order chi connectivity index (χ1) is 6.18. The Morgan fingerprint density at radius 3 is 2.00 bits per heavy atom. The highest BCUT2D eigenvalue weighted by Crippen LogP contribution is 2.52. The lowest BCUT2D eigenvalue weighted by atomic mass is 10.9. The fourth-order valence-electron chi connectivity index (χ4n) is 0.749. The summed E-state index contributed by atoms with van der Waals surface area (Å²) in [7, 11) is -2.67. The van der Waals surface area contributed by atoms with E-state index in [2.05, 4.69) is 0 Å². The number of hydrogen-bond acceptors (Lipinski definition) is 4. The first-order valence-corrected chi connectivity index (χ1v) is 7.25. The van der Waals surface area contributed by atoms with Gasteiger partial charge < -0.3 is 13.6 Å². The third kappa shape index (κ3) is 6.59. The molecule has 13 heavy (non-hydrogen) atoms. The molecule has 0 radical (unpaired) electrons. The van der Waals surface area contributed by atoms with E-state index in [4.69, 9.17) is 13.6 Å². The van der Waals surface area contributed by atoms with E-state index < -0.39 is 7.60 Å². The molecule has 0 rings (SSSR count). The van der Waals surface area contributed by atoms with Gasteiger partial charge in [0.15, 0.2) is 0 Å². The van der Waals surface area contributed by atoms with Crippen molar-refractivity contribution in [3.8, 4) is 0 Å². The van der Waals surface area contributed by atoms with Crippen LogP contribution in [0.1, 0.15) is 20.8 Å². The van der Waals surface area contributed by atoms with Gasteiger partial charge in [-0.05, 0) is 20.8 Å². The molecule has 0 amide bonds. The van der Waals surface area contributed by atoms with Gasteiger partial charge in [0.05, 0.1) is 19.1 Å². The van der Waals surface area contributed by atoms with Crippen molar-refractivity contribution in [3.63, 3.8) is 0 Å². The van der Waals surface area contributed by atoms with Crippen molar-refractivity contribution in [1.29, 1.82) is 0 Å². The van der Waals surface area contributed by atoms with Gasteiger partial charge in [-0.2, -0.15) is 0 Å². The average molecular weight is 228 g/mol. The summed E-state index contributed by atoms with van der Waals surface area (Å²) in [6.07, 6.45) is 0. The van der Waals surface area contributed by atoms with Crippen LogP contribution in [0.15, 0.2) is 0 Å². The highest BCUT2D eigenvalue weighted by molar-refractivity contribution is 7.63. The zero-order valence-electron chi connectivity index (χ0n) is 8.41. The molecule has 1 atom stereocenters. The summed E-state index contributed by atoms with van der Waals surface area (Å²) in [5.41, 5.74) is 0. The van der Waals surface area contributed by atoms with E-state index in [-0.39, 0.29) is 8.81 Å². The van der Waals surface area contributed by atoms with Crippen molar-refractivity contribution in [1.82, 2.24) is 0 Å². The Hall–Kier alpha value is 0.540. The van der Waals surface area contributed by atoms with Crippen molar-refractivity contribution in [3.05, 3.63) is 0 Å². The fourth-order valence-corrected chi connectivity index (χ4v) is 3.54. The van der Waals surface area contributed by atoms with Crippen LogP contribution in [0.5, 0.6) is 0 Å². The van der Waals surface area contributed by atoms with E-state index in [1.165, 1.54) is 0 Å². The Bertz CT molecular complexity index is 153. The minimum atomic E-state index is -2.86. The van der Waals surface area contributed by atoms with E-state index in [9.17, 15) is 4.57 Å². The molecule has 0 bridgehead atoms. The van der Waals surface area contributed by atoms with Crippen LogP contribution >= 0.6 is 16.4 Å². The van der Waals surface area contributed by atoms with E-state index in [0.29, 0.717) is 25.7 Å². The second-order valence-electron chi connectivity index (χ2n) is 2.18. The number of rotatable bonds is 8. The molecule has 0 aromatic heterocycles. The van der Waals surface area contributed by atoms with Gasteiger partial charge in [0.2, 0.25) is 0 Å². The Morgan fingerprint density at radius 2 is 1.62 bits per heavy atom. The minimum Gasteiger partial charge on any atom is -0.362 e. The maximum atomic E-state index is 11.8. The summed E-state index contributed by atoms with van der Waals surface area (Å²) < 4.78 is 27.0. The smallest absolute Gasteiger partial charge is 0.336 e. The lowest BCUT2D eigenvalue weighted by Gasteiger charge is -2.16. The van der Waals surface area contributed by atoms with Gasteiger partial charge in [0.1, 0.15) is 0 Å².